The molecule has 0 spiro atoms. The lowest BCUT2D eigenvalue weighted by Crippen LogP contribution is -2.02. The van der Waals surface area contributed by atoms with Gasteiger partial charge in [0.2, 0.25) is 0 Å². The van der Waals surface area contributed by atoms with Crippen LogP contribution in [0, 0.1) is 124 Å². The molecule has 0 aliphatic carbocycles. The quantitative estimate of drug-likeness (QED) is 0.147. The van der Waals surface area contributed by atoms with Crippen LogP contribution in [0.25, 0.3) is 0 Å². The molecule has 0 heterocycles. The third-order valence-corrected chi connectivity index (χ3v) is 7.76. The summed E-state index contributed by atoms with van der Waals surface area (Å²) >= 11 is 17.1. The summed E-state index contributed by atoms with van der Waals surface area (Å²) in [7, 11) is 0.116. The van der Waals surface area contributed by atoms with Gasteiger partial charge >= 0.3 is 0 Å². The maximum Gasteiger partial charge on any atom is 0.124 e. The Morgan fingerprint density at radius 3 is 1.02 bits per heavy atom. The Hall–Kier alpha value is 0.180. The summed E-state index contributed by atoms with van der Waals surface area (Å²) < 4.78 is 29.4. The molecule has 12 heteroatoms. The zero-order valence-corrected chi connectivity index (χ0v) is 38.7. The molecule has 2 atom stereocenters. The number of hydrogen-bond acceptors (Lipinski definition) is 2. The van der Waals surface area contributed by atoms with Crippen molar-refractivity contribution >= 4 is 151 Å². The second-order valence-electron chi connectivity index (χ2n) is 7.39. The highest BCUT2D eigenvalue weighted by atomic mass is 127. The van der Waals surface area contributed by atoms with Gasteiger partial charge in [-0.2, -0.15) is 0 Å². The number of halogens is 4. The van der Waals surface area contributed by atoms with E-state index in [1.165, 1.54) is 0 Å². The normalized spacial score (nSPS) is 11.0. The summed E-state index contributed by atoms with van der Waals surface area (Å²) in [6, 6.07) is 0. The van der Waals surface area contributed by atoms with Gasteiger partial charge in [0.25, 0.3) is 0 Å². The molecule has 2 unspecified atom stereocenters. The summed E-state index contributed by atoms with van der Waals surface area (Å²) in [6.07, 6.45) is 26.1. The number of terminal acetylenes is 6. The van der Waals surface area contributed by atoms with Crippen LogP contribution in [0.5, 0.6) is 0 Å². The zero-order chi connectivity index (χ0) is 37.4. The molecular weight excluding hydrogens is 1140 g/mol. The molecule has 2 aromatic carbocycles. The summed E-state index contributed by atoms with van der Waals surface area (Å²) in [5.41, 5.74) is 8.42. The summed E-state index contributed by atoms with van der Waals surface area (Å²) in [4.78, 5) is 1.94. The zero-order valence-electron chi connectivity index (χ0n) is 27.2. The molecular formula is C32H20I4P4S4. The molecule has 0 radical (unpaired) electrons. The molecule has 0 N–H and O–H groups in total. The van der Waals surface area contributed by atoms with E-state index in [9.17, 15) is 0 Å². The Morgan fingerprint density at radius 1 is 0.591 bits per heavy atom. The van der Waals surface area contributed by atoms with E-state index in [0.29, 0.717) is 60.4 Å². The molecule has 0 fully saturated rings. The SMILES string of the molecule is C#Cc1c(C)c(C#C)c(C#C)c(C)c1C#C.S=PI.S=PI.[3H]C#Cc1c(C)c(C#C[3H])c(C#CS(I)=P[3H])c(C)c1C#CS(I)=P[3H]. The largest absolute Gasteiger partial charge is 0.124 e. The smallest absolute Gasteiger partial charge is 0.115 e. The van der Waals surface area contributed by atoms with Crippen molar-refractivity contribution in [2.45, 2.75) is 27.7 Å². The Morgan fingerprint density at radius 2 is 0.818 bits per heavy atom. The predicted molar refractivity (Wildman–Crippen MR) is 249 cm³/mol. The van der Waals surface area contributed by atoms with Crippen LogP contribution in [0.3, 0.4) is 0 Å². The minimum absolute atomic E-state index is 0.399. The molecule has 0 amide bonds. The summed E-state index contributed by atoms with van der Waals surface area (Å²) in [6.45, 7) is 7.40. The second kappa shape index (κ2) is 26.2. The Balaban J connectivity index is 0. The monoisotopic (exact) mass is 1170 g/mol. The number of benzene rings is 2. The van der Waals surface area contributed by atoms with E-state index in [4.69, 9.17) is 31.0 Å². The van der Waals surface area contributed by atoms with Crippen LogP contribution in [0.2, 0.25) is 0 Å². The maximum atomic E-state index is 7.41. The molecule has 0 nitrogen and oxygen atoms in total. The van der Waals surface area contributed by atoms with Gasteiger partial charge in [-0.25, -0.2) is 0 Å². The molecule has 44 heavy (non-hydrogen) atoms. The van der Waals surface area contributed by atoms with Crippen molar-refractivity contribution in [2.24, 2.45) is 0 Å². The molecule has 0 aromatic heterocycles. The van der Waals surface area contributed by atoms with Gasteiger partial charge in [-0.05, 0) is 143 Å². The van der Waals surface area contributed by atoms with Crippen LogP contribution in [0.15, 0.2) is 0 Å². The van der Waals surface area contributed by atoms with Crippen molar-refractivity contribution in [1.82, 2.24) is 0 Å². The Bertz CT molecular complexity index is 1880. The van der Waals surface area contributed by atoms with Gasteiger partial charge < -0.3 is 0 Å². The van der Waals surface area contributed by atoms with E-state index in [2.05, 4.69) is 181 Å². The highest BCUT2D eigenvalue weighted by Gasteiger charge is 2.16. The lowest BCUT2D eigenvalue weighted by Gasteiger charge is -2.12. The molecule has 0 aliphatic rings. The average molecular weight is 1170 g/mol. The first-order valence-electron chi connectivity index (χ1n) is 12.8. The number of rotatable bonds is 0. The van der Waals surface area contributed by atoms with E-state index in [1.54, 1.807) is 0 Å². The van der Waals surface area contributed by atoms with Crippen LogP contribution in [-0.4, -0.2) is 2.56 Å². The third kappa shape index (κ3) is 14.5. The van der Waals surface area contributed by atoms with Gasteiger partial charge in [-0.1, -0.05) is 63.3 Å². The first-order valence-corrected chi connectivity index (χ1v) is 30.0. The van der Waals surface area contributed by atoms with Crippen molar-refractivity contribution < 1.29 is 2.74 Å². The van der Waals surface area contributed by atoms with E-state index >= 15 is 0 Å². The van der Waals surface area contributed by atoms with Crippen LogP contribution >= 0.6 is 112 Å². The molecule has 0 saturated carbocycles. The van der Waals surface area contributed by atoms with Crippen molar-refractivity contribution in [3.63, 3.8) is 0 Å². The van der Waals surface area contributed by atoms with E-state index in [-0.39, 0.29) is 0 Å². The van der Waals surface area contributed by atoms with Crippen LogP contribution in [0.1, 0.15) is 69.5 Å². The number of hydrogen-bond donors (Lipinski definition) is 0. The lowest BCUT2D eigenvalue weighted by molar-refractivity contribution is 1.30. The summed E-state index contributed by atoms with van der Waals surface area (Å²) in [5.74, 6) is 22.1. The third-order valence-electron chi connectivity index (χ3n) is 5.35. The molecule has 2 aromatic rings. The topological polar surface area (TPSA) is 0 Å². The van der Waals surface area contributed by atoms with Gasteiger partial charge in [0.1, 0.15) is 5.30 Å². The first kappa shape index (κ1) is 38.6. The van der Waals surface area contributed by atoms with E-state index in [1.807, 2.05) is 27.7 Å². The average Bonchev–Trinajstić information content (AvgIpc) is 3.07. The van der Waals surface area contributed by atoms with Crippen LogP contribution < -0.4 is 0 Å². The van der Waals surface area contributed by atoms with Gasteiger partial charge in [0, 0.05) is 96.9 Å². The van der Waals surface area contributed by atoms with Crippen molar-refractivity contribution in [1.29, 1.82) is 2.56 Å². The fraction of sp³-hybridized carbons (Fsp3) is 0.125. The Kier molecular flexibility index (Phi) is 23.0. The highest BCUT2D eigenvalue weighted by Crippen LogP contribution is 2.27. The van der Waals surface area contributed by atoms with Gasteiger partial charge in [0.15, 0.2) is 0 Å². The van der Waals surface area contributed by atoms with Gasteiger partial charge in [0.05, 0.1) is 0 Å². The van der Waals surface area contributed by atoms with Crippen LogP contribution in [0.4, 0.5) is 0 Å². The first-order chi connectivity index (χ1) is 22.8. The highest BCUT2D eigenvalue weighted by molar-refractivity contribution is 14.2. The maximum absolute atomic E-state index is 7.41. The minimum Gasteiger partial charge on any atom is -0.115 e. The van der Waals surface area contributed by atoms with Crippen molar-refractivity contribution in [3.05, 3.63) is 66.8 Å². The Labute approximate surface area is 341 Å². The lowest BCUT2D eigenvalue weighted by atomic mass is 9.88. The summed E-state index contributed by atoms with van der Waals surface area (Å²) in [5, 5.41) is 6.11. The molecule has 220 valence electrons. The van der Waals surface area contributed by atoms with Crippen molar-refractivity contribution in [3.8, 4) is 96.4 Å². The van der Waals surface area contributed by atoms with Gasteiger partial charge in [-0.15, -0.1) is 38.5 Å². The minimum atomic E-state index is -0.399. The predicted octanol–water partition coefficient (Wildman–Crippen LogP) is 10.7. The fourth-order valence-corrected chi connectivity index (χ4v) is 4.84. The molecule has 0 saturated heterocycles. The fourth-order valence-electron chi connectivity index (χ4n) is 3.53. The van der Waals surface area contributed by atoms with E-state index < -0.39 is 14.5 Å². The second-order valence-corrected chi connectivity index (χ2v) is 28.6. The van der Waals surface area contributed by atoms with E-state index in [0.717, 1.165) is 32.3 Å². The van der Waals surface area contributed by atoms with Gasteiger partial charge in [-0.3, -0.25) is 0 Å². The molecule has 2 rings (SSSR count). The molecule has 0 aliphatic heterocycles. The van der Waals surface area contributed by atoms with Crippen molar-refractivity contribution in [2.75, 3.05) is 0 Å². The molecule has 0 bridgehead atoms. The van der Waals surface area contributed by atoms with Crippen LogP contribution in [-0.2, 0) is 38.1 Å². The standard InChI is InChI=1S/C16H10I2P2S2.C16H10.2IPS/c1-5-13-11(3)14(6-2)16(8-10-22(18)20)12(4)15(13)7-9-21(17)19;1-7-13-11(5)15(9-3)16(10-4)12(6)14(13)8-2;2*1-2-3/h1-2,19-20H,3-4H3;1-4H,5-6H3;;/i1T,2T,19T,20T;;;.